The monoisotopic (exact) mass is 338 g/mol. The fraction of sp³-hybridized carbons (Fsp3) is 0.143. The minimum atomic E-state index is 0.115. The summed E-state index contributed by atoms with van der Waals surface area (Å²) in [6, 6.07) is 10.6. The molecule has 0 fully saturated rings. The molecule has 2 aromatic rings. The second-order valence-electron chi connectivity index (χ2n) is 3.98. The van der Waals surface area contributed by atoms with Crippen molar-refractivity contribution in [1.29, 1.82) is 0 Å². The Bertz CT molecular complexity index is 629. The first kappa shape index (κ1) is 14.0. The average molecular weight is 340 g/mol. The van der Waals surface area contributed by atoms with Crippen molar-refractivity contribution in [2.75, 3.05) is 0 Å². The smallest absolute Gasteiger partial charge is 0.143 e. The number of aromatic hydroxyl groups is 1. The number of hydrogen-bond donors (Lipinski definition) is 1. The first-order valence-electron chi connectivity index (χ1n) is 5.79. The van der Waals surface area contributed by atoms with Crippen molar-refractivity contribution in [1.82, 2.24) is 0 Å². The molecule has 0 heterocycles. The van der Waals surface area contributed by atoms with Crippen molar-refractivity contribution in [2.45, 2.75) is 13.3 Å². The van der Waals surface area contributed by atoms with E-state index in [9.17, 15) is 5.11 Å². The summed E-state index contributed by atoms with van der Waals surface area (Å²) >= 11 is 9.29. The van der Waals surface area contributed by atoms with Crippen LogP contribution in [0.15, 0.2) is 51.1 Å². The third-order valence-corrected chi connectivity index (χ3v) is 3.86. The lowest BCUT2D eigenvalue weighted by molar-refractivity contribution is 0.476. The van der Waals surface area contributed by atoms with Crippen LogP contribution >= 0.6 is 27.5 Å². The maximum atomic E-state index is 9.72. The van der Waals surface area contributed by atoms with E-state index in [1.54, 1.807) is 24.3 Å². The number of azo groups is 1. The SMILES string of the molecule is CCc1ccc(O)c(N=Nc2ccc(Br)c(Cl)c2)c1. The normalized spacial score (nSPS) is 11.1. The molecule has 2 rings (SSSR count). The zero-order valence-corrected chi connectivity index (χ0v) is 12.6. The molecule has 1 N–H and O–H groups in total. The van der Waals surface area contributed by atoms with Crippen LogP contribution < -0.4 is 0 Å². The zero-order valence-electron chi connectivity index (χ0n) is 10.3. The highest BCUT2D eigenvalue weighted by Gasteiger charge is 2.02. The van der Waals surface area contributed by atoms with Gasteiger partial charge in [-0.05, 0) is 58.2 Å². The Morgan fingerprint density at radius 1 is 1.16 bits per heavy atom. The summed E-state index contributed by atoms with van der Waals surface area (Å²) in [4.78, 5) is 0. The first-order chi connectivity index (χ1) is 9.10. The minimum absolute atomic E-state index is 0.115. The van der Waals surface area contributed by atoms with Gasteiger partial charge in [-0.3, -0.25) is 0 Å². The van der Waals surface area contributed by atoms with Crippen LogP contribution in [0.2, 0.25) is 5.02 Å². The topological polar surface area (TPSA) is 45.0 Å². The van der Waals surface area contributed by atoms with E-state index in [1.165, 1.54) is 0 Å². The Labute approximate surface area is 125 Å². The molecule has 0 aliphatic heterocycles. The lowest BCUT2D eigenvalue weighted by Crippen LogP contribution is -1.78. The highest BCUT2D eigenvalue weighted by molar-refractivity contribution is 9.10. The van der Waals surface area contributed by atoms with Crippen molar-refractivity contribution in [3.8, 4) is 5.75 Å². The first-order valence-corrected chi connectivity index (χ1v) is 6.96. The highest BCUT2D eigenvalue weighted by Crippen LogP contribution is 2.31. The fourth-order valence-corrected chi connectivity index (χ4v) is 1.95. The van der Waals surface area contributed by atoms with E-state index in [0.717, 1.165) is 16.5 Å². The van der Waals surface area contributed by atoms with E-state index in [4.69, 9.17) is 11.6 Å². The number of hydrogen-bond acceptors (Lipinski definition) is 3. The molecule has 0 amide bonds. The number of halogens is 2. The molecule has 19 heavy (non-hydrogen) atoms. The lowest BCUT2D eigenvalue weighted by atomic mass is 10.1. The van der Waals surface area contributed by atoms with E-state index < -0.39 is 0 Å². The summed E-state index contributed by atoms with van der Waals surface area (Å²) in [6.45, 7) is 2.04. The second-order valence-corrected chi connectivity index (χ2v) is 5.24. The van der Waals surface area contributed by atoms with Crippen molar-refractivity contribution in [3.05, 3.63) is 51.5 Å². The Balaban J connectivity index is 2.29. The van der Waals surface area contributed by atoms with E-state index in [1.807, 2.05) is 19.1 Å². The summed E-state index contributed by atoms with van der Waals surface area (Å²) in [5, 5.41) is 18.4. The highest BCUT2D eigenvalue weighted by atomic mass is 79.9. The predicted octanol–water partition coefficient (Wildman–Crippen LogP) is 5.79. The van der Waals surface area contributed by atoms with Gasteiger partial charge in [0.15, 0.2) is 0 Å². The van der Waals surface area contributed by atoms with Crippen molar-refractivity contribution < 1.29 is 5.11 Å². The molecular formula is C14H12BrClN2O. The molecule has 0 aliphatic carbocycles. The van der Waals surface area contributed by atoms with Crippen LogP contribution in [0.3, 0.4) is 0 Å². The lowest BCUT2D eigenvalue weighted by Gasteiger charge is -2.01. The van der Waals surface area contributed by atoms with Gasteiger partial charge in [0, 0.05) is 4.47 Å². The Kier molecular flexibility index (Phi) is 4.56. The van der Waals surface area contributed by atoms with Crippen LogP contribution in [-0.2, 0) is 6.42 Å². The summed E-state index contributed by atoms with van der Waals surface area (Å²) in [6.07, 6.45) is 0.882. The molecule has 0 bridgehead atoms. The Morgan fingerprint density at radius 2 is 1.95 bits per heavy atom. The molecule has 0 atom stereocenters. The fourth-order valence-electron chi connectivity index (χ4n) is 1.53. The maximum Gasteiger partial charge on any atom is 0.143 e. The van der Waals surface area contributed by atoms with Crippen molar-refractivity contribution in [3.63, 3.8) is 0 Å². The third-order valence-electron chi connectivity index (χ3n) is 2.62. The van der Waals surface area contributed by atoms with Gasteiger partial charge in [-0.1, -0.05) is 24.6 Å². The van der Waals surface area contributed by atoms with Gasteiger partial charge < -0.3 is 5.11 Å². The molecule has 2 aromatic carbocycles. The summed E-state index contributed by atoms with van der Waals surface area (Å²) in [7, 11) is 0. The van der Waals surface area contributed by atoms with Gasteiger partial charge in [-0.15, -0.1) is 5.11 Å². The van der Waals surface area contributed by atoms with Crippen molar-refractivity contribution in [2.24, 2.45) is 10.2 Å². The number of aryl methyl sites for hydroxylation is 1. The van der Waals surface area contributed by atoms with E-state index in [-0.39, 0.29) is 5.75 Å². The van der Waals surface area contributed by atoms with Gasteiger partial charge in [0.2, 0.25) is 0 Å². The molecule has 98 valence electrons. The zero-order chi connectivity index (χ0) is 13.8. The molecule has 0 aliphatic rings. The molecular weight excluding hydrogens is 328 g/mol. The van der Waals surface area contributed by atoms with Crippen molar-refractivity contribution >= 4 is 38.9 Å². The van der Waals surface area contributed by atoms with E-state index in [0.29, 0.717) is 16.4 Å². The van der Waals surface area contributed by atoms with Crippen LogP contribution in [0.5, 0.6) is 5.75 Å². The average Bonchev–Trinajstić information content (AvgIpc) is 2.41. The van der Waals surface area contributed by atoms with Crippen LogP contribution in [0.1, 0.15) is 12.5 Å². The number of nitrogens with zero attached hydrogens (tertiary/aromatic N) is 2. The van der Waals surface area contributed by atoms with Gasteiger partial charge >= 0.3 is 0 Å². The van der Waals surface area contributed by atoms with Crippen LogP contribution in [0.4, 0.5) is 11.4 Å². The quantitative estimate of drug-likeness (QED) is 0.707. The van der Waals surface area contributed by atoms with Gasteiger partial charge in [0.1, 0.15) is 11.4 Å². The van der Waals surface area contributed by atoms with Gasteiger partial charge in [-0.2, -0.15) is 5.11 Å². The Morgan fingerprint density at radius 3 is 2.63 bits per heavy atom. The molecule has 0 unspecified atom stereocenters. The number of rotatable bonds is 3. The third kappa shape index (κ3) is 3.55. The standard InChI is InChI=1S/C14H12BrClN2O/c1-2-9-3-6-14(19)13(7-9)18-17-10-4-5-11(15)12(16)8-10/h3-8,19H,2H2,1H3. The van der Waals surface area contributed by atoms with E-state index >= 15 is 0 Å². The number of phenolic OH excluding ortho intramolecular Hbond substituents is 1. The van der Waals surface area contributed by atoms with Crippen LogP contribution in [0, 0.1) is 0 Å². The molecule has 5 heteroatoms. The Hall–Kier alpha value is -1.39. The van der Waals surface area contributed by atoms with Gasteiger partial charge in [-0.25, -0.2) is 0 Å². The molecule has 0 aromatic heterocycles. The summed E-state index contributed by atoms with van der Waals surface area (Å²) < 4.78 is 0.809. The van der Waals surface area contributed by atoms with E-state index in [2.05, 4.69) is 26.2 Å². The van der Waals surface area contributed by atoms with Gasteiger partial charge in [0.25, 0.3) is 0 Å². The maximum absolute atomic E-state index is 9.72. The van der Waals surface area contributed by atoms with Gasteiger partial charge in [0.05, 0.1) is 10.7 Å². The van der Waals surface area contributed by atoms with Crippen LogP contribution in [0.25, 0.3) is 0 Å². The summed E-state index contributed by atoms with van der Waals surface area (Å²) in [5.74, 6) is 0.115. The second kappa shape index (κ2) is 6.17. The minimum Gasteiger partial charge on any atom is -0.506 e. The molecule has 0 saturated carbocycles. The molecule has 0 saturated heterocycles. The van der Waals surface area contributed by atoms with Crippen LogP contribution in [-0.4, -0.2) is 5.11 Å². The molecule has 0 spiro atoms. The summed E-state index contributed by atoms with van der Waals surface area (Å²) in [5.41, 5.74) is 2.19. The number of phenols is 1. The number of benzene rings is 2. The molecule has 3 nitrogen and oxygen atoms in total. The predicted molar refractivity (Wildman–Crippen MR) is 80.8 cm³/mol. The molecule has 0 radical (unpaired) electrons. The largest absolute Gasteiger partial charge is 0.506 e.